The molecule has 4 heteroatoms. The van der Waals surface area contributed by atoms with E-state index in [4.69, 9.17) is 22.1 Å². The van der Waals surface area contributed by atoms with Gasteiger partial charge in [-0.1, -0.05) is 13.8 Å². The Kier molecular flexibility index (Phi) is 2.38. The van der Waals surface area contributed by atoms with Gasteiger partial charge in [0.25, 0.3) is 0 Å². The molecule has 2 aliphatic rings. The van der Waals surface area contributed by atoms with Crippen LogP contribution in [0.4, 0.5) is 0 Å². The fourth-order valence-corrected chi connectivity index (χ4v) is 2.28. The van der Waals surface area contributed by atoms with Crippen molar-refractivity contribution < 1.29 is 14.2 Å². The minimum absolute atomic E-state index is 0.0116. The van der Waals surface area contributed by atoms with Crippen molar-refractivity contribution in [3.8, 4) is 0 Å². The Morgan fingerprint density at radius 2 is 2.31 bits per heavy atom. The van der Waals surface area contributed by atoms with E-state index in [2.05, 4.69) is 13.8 Å². The Morgan fingerprint density at radius 3 is 3.00 bits per heavy atom. The molecule has 2 rings (SSSR count). The molecule has 2 radical (unpaired) electrons. The third kappa shape index (κ3) is 1.32. The maximum absolute atomic E-state index is 5.84. The zero-order valence-electron chi connectivity index (χ0n) is 8.16. The Balaban J connectivity index is 2.24. The lowest BCUT2D eigenvalue weighted by atomic mass is 9.82. The lowest BCUT2D eigenvalue weighted by Gasteiger charge is -2.30. The number of ether oxygens (including phenoxy) is 3. The van der Waals surface area contributed by atoms with Crippen LogP contribution in [0.15, 0.2) is 0 Å². The average Bonchev–Trinajstić information content (AvgIpc) is 2.26. The van der Waals surface area contributed by atoms with Gasteiger partial charge in [-0.15, -0.1) is 0 Å². The molecule has 13 heavy (non-hydrogen) atoms. The lowest BCUT2D eigenvalue weighted by molar-refractivity contribution is -0.150. The Morgan fingerprint density at radius 1 is 1.54 bits per heavy atom. The van der Waals surface area contributed by atoms with Crippen molar-refractivity contribution in [2.24, 2.45) is 5.92 Å². The Labute approximate surface area is 80.1 Å². The number of fused-ring (bicyclic) bond motifs is 2. The van der Waals surface area contributed by atoms with Gasteiger partial charge in [-0.3, -0.25) is 0 Å². The molecule has 0 N–H and O–H groups in total. The SMILES string of the molecule is [B][C@@H]1O[C@@]2(CC)COCO[C@H]1C2C. The second-order valence-electron chi connectivity index (χ2n) is 3.89. The first kappa shape index (κ1) is 9.50. The molecule has 0 aliphatic carbocycles. The normalized spacial score (nSPS) is 50.5. The number of hydrogen-bond acceptors (Lipinski definition) is 3. The van der Waals surface area contributed by atoms with Crippen LogP contribution in [0.2, 0.25) is 0 Å². The van der Waals surface area contributed by atoms with Crippen molar-refractivity contribution >= 4 is 7.85 Å². The topological polar surface area (TPSA) is 27.7 Å². The molecule has 3 nitrogen and oxygen atoms in total. The quantitative estimate of drug-likeness (QED) is 0.557. The second kappa shape index (κ2) is 3.26. The van der Waals surface area contributed by atoms with Crippen molar-refractivity contribution in [1.29, 1.82) is 0 Å². The highest BCUT2D eigenvalue weighted by Gasteiger charge is 2.51. The van der Waals surface area contributed by atoms with Crippen LogP contribution in [0.5, 0.6) is 0 Å². The van der Waals surface area contributed by atoms with E-state index in [1.165, 1.54) is 0 Å². The molecule has 2 bridgehead atoms. The van der Waals surface area contributed by atoms with Gasteiger partial charge < -0.3 is 14.2 Å². The highest BCUT2D eigenvalue weighted by atomic mass is 16.7. The summed E-state index contributed by atoms with van der Waals surface area (Å²) in [7, 11) is 5.84. The molecule has 0 aromatic carbocycles. The predicted octanol–water partition coefficient (Wildman–Crippen LogP) is 0.669. The van der Waals surface area contributed by atoms with E-state index >= 15 is 0 Å². The van der Waals surface area contributed by atoms with Gasteiger partial charge in [0.05, 0.1) is 18.3 Å². The van der Waals surface area contributed by atoms with Gasteiger partial charge in [0.2, 0.25) is 0 Å². The van der Waals surface area contributed by atoms with E-state index in [0.29, 0.717) is 19.3 Å². The first-order valence-electron chi connectivity index (χ1n) is 4.82. The molecule has 0 amide bonds. The summed E-state index contributed by atoms with van der Waals surface area (Å²) >= 11 is 0. The molecule has 4 atom stereocenters. The van der Waals surface area contributed by atoms with Crippen LogP contribution in [0.25, 0.3) is 0 Å². The first-order chi connectivity index (χ1) is 6.19. The Bertz CT molecular complexity index is 199. The van der Waals surface area contributed by atoms with E-state index in [1.54, 1.807) is 0 Å². The van der Waals surface area contributed by atoms with Crippen LogP contribution in [-0.2, 0) is 14.2 Å². The van der Waals surface area contributed by atoms with E-state index in [-0.39, 0.29) is 17.7 Å². The van der Waals surface area contributed by atoms with Gasteiger partial charge in [-0.05, 0) is 6.42 Å². The molecule has 0 aromatic rings. The van der Waals surface area contributed by atoms with Gasteiger partial charge in [0.15, 0.2) is 0 Å². The highest BCUT2D eigenvalue weighted by molar-refractivity contribution is 6.11. The summed E-state index contributed by atoms with van der Waals surface area (Å²) in [4.78, 5) is 0. The van der Waals surface area contributed by atoms with Crippen LogP contribution in [0.3, 0.4) is 0 Å². The molecule has 0 aromatic heterocycles. The van der Waals surface area contributed by atoms with E-state index in [9.17, 15) is 0 Å². The average molecular weight is 182 g/mol. The van der Waals surface area contributed by atoms with Crippen molar-refractivity contribution in [2.75, 3.05) is 13.4 Å². The molecule has 2 saturated heterocycles. The van der Waals surface area contributed by atoms with Crippen molar-refractivity contribution in [3.05, 3.63) is 0 Å². The standard InChI is InChI=1S/C9H15BO3/c1-3-9-4-11-5-12-7(6(9)2)8(10)13-9/h6-8H,3-5H2,1-2H3/t6?,7-,8+,9-/m0/s1. The predicted molar refractivity (Wildman–Crippen MR) is 48.5 cm³/mol. The largest absolute Gasteiger partial charge is 0.376 e. The fraction of sp³-hybridized carbons (Fsp3) is 1.00. The van der Waals surface area contributed by atoms with Crippen LogP contribution >= 0.6 is 0 Å². The van der Waals surface area contributed by atoms with Gasteiger partial charge in [-0.25, -0.2) is 0 Å². The molecule has 2 aliphatic heterocycles. The highest BCUT2D eigenvalue weighted by Crippen LogP contribution is 2.41. The second-order valence-corrected chi connectivity index (χ2v) is 3.89. The minimum atomic E-state index is -0.293. The summed E-state index contributed by atoms with van der Waals surface area (Å²) < 4.78 is 16.6. The third-order valence-corrected chi connectivity index (χ3v) is 3.31. The zero-order valence-corrected chi connectivity index (χ0v) is 8.16. The van der Waals surface area contributed by atoms with Crippen molar-refractivity contribution in [3.63, 3.8) is 0 Å². The monoisotopic (exact) mass is 182 g/mol. The summed E-state index contributed by atoms with van der Waals surface area (Å²) in [6, 6.07) is -0.293. The summed E-state index contributed by atoms with van der Waals surface area (Å²) in [5.74, 6) is 0.315. The first-order valence-corrected chi connectivity index (χ1v) is 4.82. The van der Waals surface area contributed by atoms with Gasteiger partial charge >= 0.3 is 0 Å². The van der Waals surface area contributed by atoms with Crippen LogP contribution in [-0.4, -0.2) is 39.0 Å². The molecule has 72 valence electrons. The molecule has 1 unspecified atom stereocenters. The maximum Gasteiger partial charge on any atom is 0.147 e. The lowest BCUT2D eigenvalue weighted by Crippen LogP contribution is -2.39. The number of hydrogen-bond donors (Lipinski definition) is 0. The zero-order chi connectivity index (χ0) is 9.47. The van der Waals surface area contributed by atoms with E-state index in [1.807, 2.05) is 0 Å². The van der Waals surface area contributed by atoms with Gasteiger partial charge in [0, 0.05) is 11.9 Å². The molecular formula is C9H15BO3. The molecule has 0 saturated carbocycles. The molecule has 2 heterocycles. The van der Waals surface area contributed by atoms with Crippen molar-refractivity contribution in [1.82, 2.24) is 0 Å². The summed E-state index contributed by atoms with van der Waals surface area (Å²) in [6.07, 6.45) is 0.907. The smallest absolute Gasteiger partial charge is 0.147 e. The summed E-state index contributed by atoms with van der Waals surface area (Å²) in [6.45, 7) is 5.15. The van der Waals surface area contributed by atoms with Gasteiger partial charge in [0.1, 0.15) is 14.6 Å². The number of rotatable bonds is 1. The summed E-state index contributed by atoms with van der Waals surface area (Å²) in [5, 5.41) is 0. The Hall–Kier alpha value is -0.0551. The van der Waals surface area contributed by atoms with Crippen LogP contribution < -0.4 is 0 Å². The fourth-order valence-electron chi connectivity index (χ4n) is 2.28. The van der Waals surface area contributed by atoms with Crippen molar-refractivity contribution in [2.45, 2.75) is 38.0 Å². The van der Waals surface area contributed by atoms with Crippen LogP contribution in [0, 0.1) is 5.92 Å². The molecule has 2 fully saturated rings. The summed E-state index contributed by atoms with van der Waals surface area (Å²) in [5.41, 5.74) is -0.222. The van der Waals surface area contributed by atoms with E-state index < -0.39 is 0 Å². The maximum atomic E-state index is 5.84. The molecule has 0 spiro atoms. The molecular weight excluding hydrogens is 167 g/mol. The van der Waals surface area contributed by atoms with E-state index in [0.717, 1.165) is 6.42 Å². The third-order valence-electron chi connectivity index (χ3n) is 3.31. The van der Waals surface area contributed by atoms with Crippen LogP contribution in [0.1, 0.15) is 20.3 Å². The minimum Gasteiger partial charge on any atom is -0.376 e. The van der Waals surface area contributed by atoms with Gasteiger partial charge in [-0.2, -0.15) is 0 Å².